The van der Waals surface area contributed by atoms with Gasteiger partial charge in [0.05, 0.1) is 5.69 Å². The number of carbonyl (C=O) groups is 2. The van der Waals surface area contributed by atoms with Crippen molar-refractivity contribution in [3.8, 4) is 5.75 Å². The van der Waals surface area contributed by atoms with Gasteiger partial charge in [-0.1, -0.05) is 41.6 Å². The summed E-state index contributed by atoms with van der Waals surface area (Å²) >= 11 is 0. The van der Waals surface area contributed by atoms with Crippen LogP contribution in [0.4, 0.5) is 5.69 Å². The molecule has 0 aliphatic carbocycles. The third-order valence-corrected chi connectivity index (χ3v) is 6.71. The van der Waals surface area contributed by atoms with Gasteiger partial charge in [-0.05, 0) is 57.4 Å². The highest BCUT2D eigenvalue weighted by Gasteiger charge is 2.27. The lowest BCUT2D eigenvalue weighted by molar-refractivity contribution is -0.120. The van der Waals surface area contributed by atoms with Gasteiger partial charge in [0.1, 0.15) is 11.5 Å². The molecule has 8 nitrogen and oxygen atoms in total. The van der Waals surface area contributed by atoms with Gasteiger partial charge in [-0.15, -0.1) is 0 Å². The van der Waals surface area contributed by atoms with Crippen molar-refractivity contribution in [2.75, 3.05) is 37.7 Å². The minimum Gasteiger partial charge on any atom is -0.484 e. The van der Waals surface area contributed by atoms with E-state index in [1.165, 1.54) is 0 Å². The number of benzene rings is 2. The molecule has 0 N–H and O–H groups in total. The van der Waals surface area contributed by atoms with Gasteiger partial charge in [0.25, 0.3) is 11.8 Å². The summed E-state index contributed by atoms with van der Waals surface area (Å²) < 4.78 is 11.0. The topological polar surface area (TPSA) is 79.1 Å². The number of hydrogen-bond donors (Lipinski definition) is 0. The average molecular weight is 505 g/mol. The second kappa shape index (κ2) is 12.1. The summed E-state index contributed by atoms with van der Waals surface area (Å²) in [6.45, 7) is 11.0. The maximum atomic E-state index is 13.6. The van der Waals surface area contributed by atoms with Gasteiger partial charge in [0.2, 0.25) is 0 Å². The van der Waals surface area contributed by atoms with Crippen molar-refractivity contribution in [1.29, 1.82) is 0 Å². The summed E-state index contributed by atoms with van der Waals surface area (Å²) in [5.41, 5.74) is 3.04. The van der Waals surface area contributed by atoms with Crippen LogP contribution in [0.25, 0.3) is 0 Å². The lowest BCUT2D eigenvalue weighted by Gasteiger charge is -2.29. The van der Waals surface area contributed by atoms with E-state index in [9.17, 15) is 9.59 Å². The maximum Gasteiger partial charge on any atom is 0.276 e. The molecule has 3 aromatic rings. The molecule has 196 valence electrons. The number of carbonyl (C=O) groups excluding carboxylic acids is 2. The SMILES string of the molecule is Cc1cc(C(=O)N2CCN(C(C)C)CCCN(C(=O)COc3ccccc3)c3c(C)cccc3C2)no1. The fraction of sp³-hybridized carbons (Fsp3) is 0.414. The van der Waals surface area contributed by atoms with Crippen LogP contribution >= 0.6 is 0 Å². The van der Waals surface area contributed by atoms with Gasteiger partial charge in [-0.2, -0.15) is 0 Å². The zero-order chi connectivity index (χ0) is 26.4. The van der Waals surface area contributed by atoms with Gasteiger partial charge in [0, 0.05) is 44.8 Å². The van der Waals surface area contributed by atoms with Crippen molar-refractivity contribution >= 4 is 17.5 Å². The van der Waals surface area contributed by atoms with E-state index in [1.807, 2.05) is 60.4 Å². The van der Waals surface area contributed by atoms with Crippen LogP contribution in [0.15, 0.2) is 59.1 Å². The van der Waals surface area contributed by atoms with Crippen LogP contribution in [0.1, 0.15) is 47.6 Å². The molecule has 0 spiro atoms. The zero-order valence-corrected chi connectivity index (χ0v) is 22.1. The van der Waals surface area contributed by atoms with Crippen LogP contribution in [0, 0.1) is 13.8 Å². The normalized spacial score (nSPS) is 15.3. The van der Waals surface area contributed by atoms with E-state index in [0.717, 1.165) is 36.3 Å². The molecule has 0 bridgehead atoms. The Morgan fingerprint density at radius 1 is 1.00 bits per heavy atom. The van der Waals surface area contributed by atoms with Crippen molar-refractivity contribution < 1.29 is 18.8 Å². The van der Waals surface area contributed by atoms with E-state index in [2.05, 4.69) is 23.9 Å². The summed E-state index contributed by atoms with van der Waals surface area (Å²) in [5, 5.41) is 3.97. The molecule has 0 unspecified atom stereocenters. The van der Waals surface area contributed by atoms with Crippen molar-refractivity contribution in [3.05, 3.63) is 77.2 Å². The monoisotopic (exact) mass is 504 g/mol. The van der Waals surface area contributed by atoms with E-state index in [4.69, 9.17) is 9.26 Å². The lowest BCUT2D eigenvalue weighted by Crippen LogP contribution is -2.41. The molecule has 0 atom stereocenters. The molecule has 1 aromatic heterocycles. The minimum atomic E-state index is -0.183. The van der Waals surface area contributed by atoms with E-state index >= 15 is 0 Å². The average Bonchev–Trinajstić information content (AvgIpc) is 3.31. The highest BCUT2D eigenvalue weighted by Crippen LogP contribution is 2.28. The number of rotatable bonds is 5. The first kappa shape index (κ1) is 26.4. The fourth-order valence-corrected chi connectivity index (χ4v) is 4.73. The molecule has 2 amide bonds. The largest absolute Gasteiger partial charge is 0.484 e. The quantitative estimate of drug-likeness (QED) is 0.511. The van der Waals surface area contributed by atoms with Crippen LogP contribution < -0.4 is 9.64 Å². The van der Waals surface area contributed by atoms with Crippen molar-refractivity contribution in [1.82, 2.24) is 15.0 Å². The molecule has 0 saturated heterocycles. The molecule has 4 rings (SSSR count). The molecule has 0 saturated carbocycles. The predicted molar refractivity (Wildman–Crippen MR) is 143 cm³/mol. The maximum absolute atomic E-state index is 13.6. The van der Waals surface area contributed by atoms with Gasteiger partial charge in [-0.25, -0.2) is 0 Å². The number of aryl methyl sites for hydroxylation is 2. The second-order valence-electron chi connectivity index (χ2n) is 9.76. The van der Waals surface area contributed by atoms with Crippen LogP contribution in [0.2, 0.25) is 0 Å². The molecule has 0 radical (unpaired) electrons. The summed E-state index contributed by atoms with van der Waals surface area (Å²) in [6.07, 6.45) is 0.805. The third kappa shape index (κ3) is 6.57. The molecule has 0 fully saturated rings. The first-order chi connectivity index (χ1) is 17.8. The number of anilines is 1. The van der Waals surface area contributed by atoms with Crippen LogP contribution in [-0.2, 0) is 11.3 Å². The van der Waals surface area contributed by atoms with Gasteiger partial charge in [0.15, 0.2) is 12.3 Å². The predicted octanol–water partition coefficient (Wildman–Crippen LogP) is 4.46. The van der Waals surface area contributed by atoms with Crippen molar-refractivity contribution in [3.63, 3.8) is 0 Å². The lowest BCUT2D eigenvalue weighted by atomic mass is 10.0. The van der Waals surface area contributed by atoms with Crippen molar-refractivity contribution in [2.45, 2.75) is 46.7 Å². The summed E-state index contributed by atoms with van der Waals surface area (Å²) in [7, 11) is 0. The number of hydrogen-bond acceptors (Lipinski definition) is 6. The van der Waals surface area contributed by atoms with Gasteiger partial charge in [-0.3, -0.25) is 14.5 Å². The van der Waals surface area contributed by atoms with Crippen LogP contribution in [0.5, 0.6) is 5.75 Å². The Morgan fingerprint density at radius 2 is 1.78 bits per heavy atom. The van der Waals surface area contributed by atoms with Gasteiger partial charge >= 0.3 is 0 Å². The molecule has 2 heterocycles. The zero-order valence-electron chi connectivity index (χ0n) is 22.1. The van der Waals surface area contributed by atoms with Crippen molar-refractivity contribution in [2.24, 2.45) is 0 Å². The molecule has 8 heteroatoms. The number of aromatic nitrogens is 1. The molecule has 1 aliphatic rings. The Bertz CT molecular complexity index is 1210. The Kier molecular flexibility index (Phi) is 8.61. The molecule has 2 aromatic carbocycles. The standard InChI is InChI=1S/C29H36N4O4/c1-21(2)31-14-9-15-33(27(34)20-36-25-12-6-5-7-13-25)28-22(3)10-8-11-24(28)19-32(17-16-31)29(35)26-18-23(4)37-30-26/h5-8,10-13,18,21H,9,14-17,19-20H2,1-4H3. The van der Waals surface area contributed by atoms with E-state index in [0.29, 0.717) is 42.9 Å². The fourth-order valence-electron chi connectivity index (χ4n) is 4.73. The molecular weight excluding hydrogens is 468 g/mol. The second-order valence-corrected chi connectivity index (χ2v) is 9.76. The van der Waals surface area contributed by atoms with E-state index < -0.39 is 0 Å². The summed E-state index contributed by atoms with van der Waals surface area (Å²) in [6, 6.07) is 17.3. The Hall–Kier alpha value is -3.65. The molecule has 37 heavy (non-hydrogen) atoms. The first-order valence-corrected chi connectivity index (χ1v) is 12.9. The minimum absolute atomic E-state index is 0.0630. The number of nitrogens with zero attached hydrogens (tertiary/aromatic N) is 4. The smallest absolute Gasteiger partial charge is 0.276 e. The molecule has 1 aliphatic heterocycles. The summed E-state index contributed by atoms with van der Waals surface area (Å²) in [4.78, 5) is 33.1. The summed E-state index contributed by atoms with van der Waals surface area (Å²) in [5.74, 6) is 0.957. The van der Waals surface area contributed by atoms with E-state index in [-0.39, 0.29) is 18.4 Å². The highest BCUT2D eigenvalue weighted by molar-refractivity contribution is 5.96. The number of fused-ring (bicyclic) bond motifs is 1. The third-order valence-electron chi connectivity index (χ3n) is 6.71. The first-order valence-electron chi connectivity index (χ1n) is 12.9. The van der Waals surface area contributed by atoms with Gasteiger partial charge < -0.3 is 19.1 Å². The Morgan fingerprint density at radius 3 is 2.49 bits per heavy atom. The Labute approximate surface area is 218 Å². The number of ether oxygens (including phenoxy) is 1. The van der Waals surface area contributed by atoms with E-state index in [1.54, 1.807) is 17.9 Å². The molecular formula is C29H36N4O4. The van der Waals surface area contributed by atoms with Crippen LogP contribution in [-0.4, -0.2) is 65.6 Å². The number of amides is 2. The number of para-hydroxylation sites is 2. The highest BCUT2D eigenvalue weighted by atomic mass is 16.5. The van der Waals surface area contributed by atoms with Crippen LogP contribution in [0.3, 0.4) is 0 Å². The Balaban J connectivity index is 1.67.